The molecule has 2 unspecified atom stereocenters. The lowest BCUT2D eigenvalue weighted by Gasteiger charge is -2.32. The van der Waals surface area contributed by atoms with Crippen molar-refractivity contribution in [2.24, 2.45) is 16.8 Å². The fraction of sp³-hybridized carbons (Fsp3) is 0.900. The summed E-state index contributed by atoms with van der Waals surface area (Å²) in [6.45, 7) is 8.51. The molecule has 0 aromatic rings. The number of nitrogens with zero attached hydrogens (tertiary/aromatic N) is 3. The first-order valence-corrected chi connectivity index (χ1v) is 10.7. The molecule has 1 aliphatic carbocycles. The number of nitrogens with one attached hydrogen (secondary N) is 2. The molecule has 2 aliphatic heterocycles. The molecular formula is C20H37N5O. The van der Waals surface area contributed by atoms with Gasteiger partial charge in [0.15, 0.2) is 5.96 Å². The molecular weight excluding hydrogens is 326 g/mol. The first kappa shape index (κ1) is 19.5. The van der Waals surface area contributed by atoms with Gasteiger partial charge in [0.1, 0.15) is 0 Å². The van der Waals surface area contributed by atoms with Gasteiger partial charge in [-0.25, -0.2) is 0 Å². The molecule has 3 aliphatic rings. The summed E-state index contributed by atoms with van der Waals surface area (Å²) >= 11 is 0. The van der Waals surface area contributed by atoms with E-state index in [2.05, 4.69) is 32.3 Å². The quantitative estimate of drug-likeness (QED) is 0.576. The Morgan fingerprint density at radius 1 is 1.08 bits per heavy atom. The third kappa shape index (κ3) is 5.12. The van der Waals surface area contributed by atoms with E-state index in [0.717, 1.165) is 51.4 Å². The van der Waals surface area contributed by atoms with E-state index in [1.54, 1.807) is 0 Å². The number of amides is 1. The molecule has 0 spiro atoms. The first-order valence-electron chi connectivity index (χ1n) is 10.7. The molecule has 0 aromatic carbocycles. The highest BCUT2D eigenvalue weighted by Crippen LogP contribution is 2.27. The van der Waals surface area contributed by atoms with E-state index in [1.165, 1.54) is 38.8 Å². The zero-order valence-corrected chi connectivity index (χ0v) is 16.7. The van der Waals surface area contributed by atoms with Crippen LogP contribution in [0.3, 0.4) is 0 Å². The number of hydrogen-bond donors (Lipinski definition) is 2. The summed E-state index contributed by atoms with van der Waals surface area (Å²) in [5.41, 5.74) is 0. The maximum Gasteiger partial charge on any atom is 0.225 e. The summed E-state index contributed by atoms with van der Waals surface area (Å²) in [6, 6.07) is 0.324. The minimum absolute atomic E-state index is 0.291. The Bertz CT molecular complexity index is 489. The maximum absolute atomic E-state index is 12.6. The second-order valence-electron chi connectivity index (χ2n) is 8.25. The standard InChI is InChI=1S/C20H37N5O/c1-3-24-11-6-7-16(14-24)13-22-20(21-2)23-18-10-12-25(15-18)19(26)17-8-4-5-9-17/h16-18H,3-15H2,1-2H3,(H2,21,22,23). The van der Waals surface area contributed by atoms with E-state index < -0.39 is 0 Å². The normalized spacial score (nSPS) is 28.5. The van der Waals surface area contributed by atoms with Crippen molar-refractivity contribution < 1.29 is 4.79 Å². The summed E-state index contributed by atoms with van der Waals surface area (Å²) in [5, 5.41) is 7.06. The highest BCUT2D eigenvalue weighted by atomic mass is 16.2. The van der Waals surface area contributed by atoms with E-state index in [-0.39, 0.29) is 0 Å². The van der Waals surface area contributed by atoms with Crippen molar-refractivity contribution in [3.05, 3.63) is 0 Å². The molecule has 1 saturated carbocycles. The van der Waals surface area contributed by atoms with Crippen LogP contribution >= 0.6 is 0 Å². The summed E-state index contributed by atoms with van der Waals surface area (Å²) in [7, 11) is 1.84. The zero-order chi connectivity index (χ0) is 18.4. The van der Waals surface area contributed by atoms with Gasteiger partial charge < -0.3 is 20.4 Å². The van der Waals surface area contributed by atoms with E-state index in [1.807, 2.05) is 7.05 Å². The van der Waals surface area contributed by atoms with Crippen LogP contribution in [0.25, 0.3) is 0 Å². The van der Waals surface area contributed by atoms with Crippen LogP contribution in [0, 0.1) is 11.8 Å². The van der Waals surface area contributed by atoms with E-state index in [9.17, 15) is 4.79 Å². The van der Waals surface area contributed by atoms with Gasteiger partial charge in [-0.3, -0.25) is 9.79 Å². The van der Waals surface area contributed by atoms with Crippen LogP contribution in [0.4, 0.5) is 0 Å². The van der Waals surface area contributed by atoms with Crippen molar-refractivity contribution in [2.75, 3.05) is 46.3 Å². The third-order valence-electron chi connectivity index (χ3n) is 6.38. The molecule has 3 rings (SSSR count). The Morgan fingerprint density at radius 2 is 1.88 bits per heavy atom. The predicted molar refractivity (Wildman–Crippen MR) is 106 cm³/mol. The second kappa shape index (κ2) is 9.58. The predicted octanol–water partition coefficient (Wildman–Crippen LogP) is 1.67. The van der Waals surface area contributed by atoms with Crippen molar-refractivity contribution in [2.45, 2.75) is 57.9 Å². The SMILES string of the molecule is CCN1CCCC(CNC(=NC)NC2CCN(C(=O)C3CCCC3)C2)C1. The molecule has 0 bridgehead atoms. The number of piperidine rings is 1. The van der Waals surface area contributed by atoms with Gasteiger partial charge in [-0.1, -0.05) is 19.8 Å². The number of carbonyl (C=O) groups excluding carboxylic acids is 1. The van der Waals surface area contributed by atoms with Crippen molar-refractivity contribution in [1.29, 1.82) is 0 Å². The molecule has 6 heteroatoms. The Morgan fingerprint density at radius 3 is 2.62 bits per heavy atom. The number of likely N-dealkylation sites (tertiary alicyclic amines) is 2. The van der Waals surface area contributed by atoms with Crippen LogP contribution in [-0.4, -0.2) is 74.0 Å². The van der Waals surface area contributed by atoms with Crippen molar-refractivity contribution >= 4 is 11.9 Å². The Kier molecular flexibility index (Phi) is 7.17. The molecule has 2 N–H and O–H groups in total. The minimum atomic E-state index is 0.291. The van der Waals surface area contributed by atoms with Gasteiger partial charge in [-0.05, 0) is 51.1 Å². The molecule has 26 heavy (non-hydrogen) atoms. The first-order chi connectivity index (χ1) is 12.7. The number of rotatable bonds is 5. The molecule has 2 saturated heterocycles. The van der Waals surface area contributed by atoms with Crippen molar-refractivity contribution in [1.82, 2.24) is 20.4 Å². The largest absolute Gasteiger partial charge is 0.356 e. The average Bonchev–Trinajstić information content (AvgIpc) is 3.36. The minimum Gasteiger partial charge on any atom is -0.356 e. The third-order valence-corrected chi connectivity index (χ3v) is 6.38. The molecule has 3 fully saturated rings. The van der Waals surface area contributed by atoms with Crippen LogP contribution in [0.5, 0.6) is 0 Å². The number of hydrogen-bond acceptors (Lipinski definition) is 3. The van der Waals surface area contributed by atoms with Crippen LogP contribution in [0.2, 0.25) is 0 Å². The monoisotopic (exact) mass is 363 g/mol. The summed E-state index contributed by atoms with van der Waals surface area (Å²) in [5.74, 6) is 2.26. The van der Waals surface area contributed by atoms with Gasteiger partial charge in [-0.15, -0.1) is 0 Å². The fourth-order valence-corrected chi connectivity index (χ4v) is 4.74. The smallest absolute Gasteiger partial charge is 0.225 e. The van der Waals surface area contributed by atoms with Gasteiger partial charge in [0.2, 0.25) is 5.91 Å². The maximum atomic E-state index is 12.6. The lowest BCUT2D eigenvalue weighted by Crippen LogP contribution is -2.48. The van der Waals surface area contributed by atoms with E-state index in [4.69, 9.17) is 0 Å². The molecule has 148 valence electrons. The van der Waals surface area contributed by atoms with Crippen LogP contribution < -0.4 is 10.6 Å². The Balaban J connectivity index is 1.40. The van der Waals surface area contributed by atoms with Crippen molar-refractivity contribution in [3.63, 3.8) is 0 Å². The summed E-state index contributed by atoms with van der Waals surface area (Å²) < 4.78 is 0. The Labute approximate surface area is 158 Å². The summed E-state index contributed by atoms with van der Waals surface area (Å²) in [4.78, 5) is 21.6. The molecule has 2 heterocycles. The lowest BCUT2D eigenvalue weighted by atomic mass is 9.98. The molecule has 2 atom stereocenters. The van der Waals surface area contributed by atoms with Crippen LogP contribution in [0.15, 0.2) is 4.99 Å². The number of carbonyl (C=O) groups is 1. The summed E-state index contributed by atoms with van der Waals surface area (Å²) in [6.07, 6.45) is 8.24. The van der Waals surface area contributed by atoms with E-state index >= 15 is 0 Å². The highest BCUT2D eigenvalue weighted by Gasteiger charge is 2.32. The average molecular weight is 364 g/mol. The topological polar surface area (TPSA) is 60.0 Å². The highest BCUT2D eigenvalue weighted by molar-refractivity contribution is 5.81. The molecule has 0 radical (unpaired) electrons. The fourth-order valence-electron chi connectivity index (χ4n) is 4.74. The van der Waals surface area contributed by atoms with Gasteiger partial charge in [0.05, 0.1) is 0 Å². The van der Waals surface area contributed by atoms with Gasteiger partial charge >= 0.3 is 0 Å². The van der Waals surface area contributed by atoms with Crippen LogP contribution in [0.1, 0.15) is 51.9 Å². The Hall–Kier alpha value is -1.30. The van der Waals surface area contributed by atoms with Gasteiger partial charge in [0, 0.05) is 45.2 Å². The zero-order valence-electron chi connectivity index (χ0n) is 16.7. The number of guanidine groups is 1. The van der Waals surface area contributed by atoms with E-state index in [0.29, 0.717) is 23.8 Å². The molecule has 1 amide bonds. The molecule has 6 nitrogen and oxygen atoms in total. The van der Waals surface area contributed by atoms with Crippen LogP contribution in [-0.2, 0) is 4.79 Å². The van der Waals surface area contributed by atoms with Gasteiger partial charge in [0.25, 0.3) is 0 Å². The van der Waals surface area contributed by atoms with Gasteiger partial charge in [-0.2, -0.15) is 0 Å². The second-order valence-corrected chi connectivity index (χ2v) is 8.25. The molecule has 0 aromatic heterocycles. The van der Waals surface area contributed by atoms with Crippen molar-refractivity contribution in [3.8, 4) is 0 Å². The number of aliphatic imine (C=N–C) groups is 1. The lowest BCUT2D eigenvalue weighted by molar-refractivity contribution is -0.134.